The maximum atomic E-state index is 13.2. The first-order valence-electron chi connectivity index (χ1n) is 11.0. The number of benzene rings is 3. The van der Waals surface area contributed by atoms with Gasteiger partial charge in [0, 0.05) is 43.6 Å². The summed E-state index contributed by atoms with van der Waals surface area (Å²) in [5.41, 5.74) is 1.84. The van der Waals surface area contributed by atoms with E-state index in [2.05, 4.69) is 4.98 Å². The third-order valence-corrected chi connectivity index (χ3v) is 8.31. The Labute approximate surface area is 208 Å². The number of carbonyl (C=O) groups excluding carboxylic acids is 1. The van der Waals surface area contributed by atoms with Gasteiger partial charge in [-0.25, -0.2) is 8.42 Å². The van der Waals surface area contributed by atoms with Crippen molar-refractivity contribution >= 4 is 38.3 Å². The molecular formula is C26H22ClN3O4S. The van der Waals surface area contributed by atoms with E-state index in [1.54, 1.807) is 71.9 Å². The van der Waals surface area contributed by atoms with E-state index in [-0.39, 0.29) is 48.3 Å². The van der Waals surface area contributed by atoms with Crippen LogP contribution in [0.2, 0.25) is 5.02 Å². The Morgan fingerprint density at radius 3 is 2.23 bits per heavy atom. The van der Waals surface area contributed by atoms with Crippen LogP contribution in [-0.4, -0.2) is 59.8 Å². The minimum atomic E-state index is -3.71. The zero-order valence-electron chi connectivity index (χ0n) is 18.6. The largest absolute Gasteiger partial charge is 0.507 e. The molecule has 1 aromatic heterocycles. The number of carbonyl (C=O) groups is 1. The van der Waals surface area contributed by atoms with Gasteiger partial charge in [-0.15, -0.1) is 0 Å². The SMILES string of the molecule is O=C(c1ccc(-c2ccncc2)cc1O)N1CCN(S(=O)(=O)c2ccc3cc(Cl)ccc3c2)CC1. The second kappa shape index (κ2) is 9.30. The second-order valence-corrected chi connectivity index (χ2v) is 10.7. The first-order chi connectivity index (χ1) is 16.8. The van der Waals surface area contributed by atoms with Gasteiger partial charge in [0.2, 0.25) is 10.0 Å². The van der Waals surface area contributed by atoms with Gasteiger partial charge in [0.1, 0.15) is 5.75 Å². The first kappa shape index (κ1) is 23.3. The van der Waals surface area contributed by atoms with Crippen LogP contribution in [0.25, 0.3) is 21.9 Å². The molecule has 0 unspecified atom stereocenters. The number of hydrogen-bond donors (Lipinski definition) is 1. The van der Waals surface area contributed by atoms with Crippen molar-refractivity contribution in [2.24, 2.45) is 0 Å². The highest BCUT2D eigenvalue weighted by atomic mass is 35.5. The molecule has 5 rings (SSSR count). The van der Waals surface area contributed by atoms with Gasteiger partial charge in [-0.2, -0.15) is 4.31 Å². The predicted octanol–water partition coefficient (Wildman–Crippen LogP) is 4.41. The number of aromatic hydroxyl groups is 1. The van der Waals surface area contributed by atoms with Crippen LogP contribution in [0.1, 0.15) is 10.4 Å². The van der Waals surface area contributed by atoms with E-state index in [9.17, 15) is 18.3 Å². The maximum Gasteiger partial charge on any atom is 0.257 e. The van der Waals surface area contributed by atoms with Gasteiger partial charge >= 0.3 is 0 Å². The zero-order chi connectivity index (χ0) is 24.6. The molecule has 0 spiro atoms. The fourth-order valence-electron chi connectivity index (χ4n) is 4.24. The van der Waals surface area contributed by atoms with E-state index in [0.717, 1.165) is 21.9 Å². The number of hydrogen-bond acceptors (Lipinski definition) is 5. The summed E-state index contributed by atoms with van der Waals surface area (Å²) in [5.74, 6) is -0.445. The third kappa shape index (κ3) is 4.60. The van der Waals surface area contributed by atoms with Crippen LogP contribution < -0.4 is 0 Å². The van der Waals surface area contributed by atoms with Gasteiger partial charge in [0.05, 0.1) is 10.5 Å². The number of amides is 1. The summed E-state index contributed by atoms with van der Waals surface area (Å²) in [7, 11) is -3.71. The highest BCUT2D eigenvalue weighted by molar-refractivity contribution is 7.89. The number of halogens is 1. The fraction of sp³-hybridized carbons (Fsp3) is 0.154. The summed E-state index contributed by atoms with van der Waals surface area (Å²) in [6.45, 7) is 0.796. The summed E-state index contributed by atoms with van der Waals surface area (Å²) in [4.78, 5) is 18.8. The summed E-state index contributed by atoms with van der Waals surface area (Å²) < 4.78 is 27.8. The van der Waals surface area contributed by atoms with Gasteiger partial charge in [0.15, 0.2) is 0 Å². The number of phenols is 1. The topological polar surface area (TPSA) is 90.8 Å². The number of sulfonamides is 1. The lowest BCUT2D eigenvalue weighted by Gasteiger charge is -2.34. The monoisotopic (exact) mass is 507 g/mol. The number of phenolic OH excluding ortho intramolecular Hbond substituents is 1. The Morgan fingerprint density at radius 2 is 1.51 bits per heavy atom. The van der Waals surface area contributed by atoms with Gasteiger partial charge in [-0.1, -0.05) is 29.8 Å². The number of rotatable bonds is 4. The molecule has 0 atom stereocenters. The lowest BCUT2D eigenvalue weighted by molar-refractivity contribution is 0.0695. The fourth-order valence-corrected chi connectivity index (χ4v) is 5.88. The lowest BCUT2D eigenvalue weighted by atomic mass is 10.0. The molecule has 1 fully saturated rings. The maximum absolute atomic E-state index is 13.2. The molecule has 2 heterocycles. The summed E-state index contributed by atoms with van der Waals surface area (Å²) in [6.07, 6.45) is 3.32. The third-order valence-electron chi connectivity index (χ3n) is 6.18. The van der Waals surface area contributed by atoms with Crippen LogP contribution in [-0.2, 0) is 10.0 Å². The molecule has 1 aliphatic rings. The van der Waals surface area contributed by atoms with E-state index in [0.29, 0.717) is 5.02 Å². The van der Waals surface area contributed by atoms with Crippen molar-refractivity contribution in [2.75, 3.05) is 26.2 Å². The normalized spacial score (nSPS) is 14.8. The van der Waals surface area contributed by atoms with Crippen molar-refractivity contribution in [3.63, 3.8) is 0 Å². The quantitative estimate of drug-likeness (QED) is 0.442. The average Bonchev–Trinajstić information content (AvgIpc) is 2.88. The minimum Gasteiger partial charge on any atom is -0.507 e. The van der Waals surface area contributed by atoms with Gasteiger partial charge < -0.3 is 10.0 Å². The molecule has 0 aliphatic carbocycles. The summed E-state index contributed by atoms with van der Waals surface area (Å²) in [5, 5.41) is 12.7. The van der Waals surface area contributed by atoms with Crippen molar-refractivity contribution in [2.45, 2.75) is 4.90 Å². The van der Waals surface area contributed by atoms with E-state index in [1.165, 1.54) is 4.31 Å². The van der Waals surface area contributed by atoms with Crippen LogP contribution in [0.15, 0.2) is 84.0 Å². The van der Waals surface area contributed by atoms with Crippen LogP contribution in [0, 0.1) is 0 Å². The van der Waals surface area contributed by atoms with Gasteiger partial charge in [-0.05, 0) is 70.4 Å². The first-order valence-corrected chi connectivity index (χ1v) is 12.9. The standard InChI is InChI=1S/C26H22ClN3O4S/c27-22-4-1-20-16-23(5-2-19(20)15-22)35(33,34)30-13-11-29(12-14-30)26(32)24-6-3-21(17-25(24)31)18-7-9-28-10-8-18/h1-10,15-17,31H,11-14H2. The molecule has 1 saturated heterocycles. The minimum absolute atomic E-state index is 0.115. The molecule has 9 heteroatoms. The molecule has 3 aromatic carbocycles. The molecule has 0 bridgehead atoms. The highest BCUT2D eigenvalue weighted by Crippen LogP contribution is 2.28. The van der Waals surface area contributed by atoms with Crippen LogP contribution in [0.4, 0.5) is 0 Å². The Balaban J connectivity index is 1.29. The van der Waals surface area contributed by atoms with E-state index >= 15 is 0 Å². The molecule has 178 valence electrons. The van der Waals surface area contributed by atoms with Crippen molar-refractivity contribution in [1.29, 1.82) is 0 Å². The summed E-state index contributed by atoms with van der Waals surface area (Å²) in [6, 6.07) is 18.8. The van der Waals surface area contributed by atoms with E-state index in [4.69, 9.17) is 11.6 Å². The average molecular weight is 508 g/mol. The Morgan fingerprint density at radius 1 is 0.829 bits per heavy atom. The van der Waals surface area contributed by atoms with Crippen molar-refractivity contribution in [1.82, 2.24) is 14.2 Å². The predicted molar refractivity (Wildman–Crippen MR) is 135 cm³/mol. The lowest BCUT2D eigenvalue weighted by Crippen LogP contribution is -2.50. The molecule has 7 nitrogen and oxygen atoms in total. The Kier molecular flexibility index (Phi) is 6.19. The number of fused-ring (bicyclic) bond motifs is 1. The smallest absolute Gasteiger partial charge is 0.257 e. The molecule has 0 radical (unpaired) electrons. The number of piperazine rings is 1. The van der Waals surface area contributed by atoms with Crippen molar-refractivity contribution in [3.05, 3.63) is 89.7 Å². The molecule has 1 amide bonds. The van der Waals surface area contributed by atoms with Crippen molar-refractivity contribution in [3.8, 4) is 16.9 Å². The molecule has 35 heavy (non-hydrogen) atoms. The van der Waals surface area contributed by atoms with Gasteiger partial charge in [0.25, 0.3) is 5.91 Å². The molecule has 4 aromatic rings. The Hall–Kier alpha value is -3.46. The van der Waals surface area contributed by atoms with Gasteiger partial charge in [-0.3, -0.25) is 9.78 Å². The number of aromatic nitrogens is 1. The molecule has 0 saturated carbocycles. The van der Waals surface area contributed by atoms with Crippen LogP contribution >= 0.6 is 11.6 Å². The number of pyridine rings is 1. The highest BCUT2D eigenvalue weighted by Gasteiger charge is 2.31. The van der Waals surface area contributed by atoms with E-state index in [1.807, 2.05) is 12.1 Å². The Bertz CT molecular complexity index is 1520. The van der Waals surface area contributed by atoms with Crippen LogP contribution in [0.3, 0.4) is 0 Å². The van der Waals surface area contributed by atoms with E-state index < -0.39 is 10.0 Å². The number of nitrogens with zero attached hydrogens (tertiary/aromatic N) is 3. The summed E-state index contributed by atoms with van der Waals surface area (Å²) >= 11 is 6.02. The van der Waals surface area contributed by atoms with Crippen molar-refractivity contribution < 1.29 is 18.3 Å². The van der Waals surface area contributed by atoms with Crippen LogP contribution in [0.5, 0.6) is 5.75 Å². The molecular weight excluding hydrogens is 486 g/mol. The molecule has 1 aliphatic heterocycles. The molecule has 1 N–H and O–H groups in total. The zero-order valence-corrected chi connectivity index (χ0v) is 20.2. The second-order valence-electron chi connectivity index (χ2n) is 8.32.